The van der Waals surface area contributed by atoms with E-state index in [-0.39, 0.29) is 11.7 Å². The molecule has 2 N–H and O–H groups in total. The number of nitrogens with zero attached hydrogens (tertiary/aromatic N) is 1. The fourth-order valence-electron chi connectivity index (χ4n) is 2.90. The molecule has 1 aromatic heterocycles. The average Bonchev–Trinajstić information content (AvgIpc) is 2.69. The zero-order valence-electron chi connectivity index (χ0n) is 16.2. The van der Waals surface area contributed by atoms with E-state index in [0.29, 0.717) is 22.7 Å². The molecule has 0 bridgehead atoms. The van der Waals surface area contributed by atoms with Crippen molar-refractivity contribution in [3.63, 3.8) is 0 Å². The van der Waals surface area contributed by atoms with Crippen molar-refractivity contribution in [1.29, 1.82) is 0 Å². The van der Waals surface area contributed by atoms with Gasteiger partial charge in [0.15, 0.2) is 5.78 Å². The van der Waals surface area contributed by atoms with Gasteiger partial charge in [0.05, 0.1) is 17.4 Å². The predicted molar refractivity (Wildman–Crippen MR) is 112 cm³/mol. The van der Waals surface area contributed by atoms with Crippen molar-refractivity contribution >= 4 is 28.8 Å². The summed E-state index contributed by atoms with van der Waals surface area (Å²) in [7, 11) is 0. The molecule has 5 nitrogen and oxygen atoms in total. The van der Waals surface area contributed by atoms with E-state index in [1.807, 2.05) is 36.4 Å². The van der Waals surface area contributed by atoms with E-state index in [2.05, 4.69) is 29.5 Å². The van der Waals surface area contributed by atoms with Crippen LogP contribution in [0.1, 0.15) is 53.0 Å². The summed E-state index contributed by atoms with van der Waals surface area (Å²) in [5.74, 6) is 0.116. The van der Waals surface area contributed by atoms with Crippen molar-refractivity contribution in [3.8, 4) is 0 Å². The fraction of sp³-hybridized carbons (Fsp3) is 0.174. The van der Waals surface area contributed by atoms with Crippen molar-refractivity contribution in [2.24, 2.45) is 0 Å². The molecular formula is C23H23N3O2. The molecule has 0 saturated heterocycles. The largest absolute Gasteiger partial charge is 0.354 e. The smallest absolute Gasteiger partial charge is 0.257 e. The average molecular weight is 373 g/mol. The number of carbonyl (C=O) groups excluding carboxylic acids is 2. The molecule has 0 atom stereocenters. The quantitative estimate of drug-likeness (QED) is 0.567. The van der Waals surface area contributed by atoms with Gasteiger partial charge in [0.25, 0.3) is 5.91 Å². The second-order valence-electron chi connectivity index (χ2n) is 6.92. The van der Waals surface area contributed by atoms with Crippen LogP contribution in [0.2, 0.25) is 0 Å². The van der Waals surface area contributed by atoms with E-state index in [1.165, 1.54) is 13.1 Å². The summed E-state index contributed by atoms with van der Waals surface area (Å²) in [5.41, 5.74) is 4.52. The summed E-state index contributed by atoms with van der Waals surface area (Å²) in [4.78, 5) is 28.2. The monoisotopic (exact) mass is 373 g/mol. The Labute approximate surface area is 164 Å². The van der Waals surface area contributed by atoms with Gasteiger partial charge in [0.1, 0.15) is 0 Å². The summed E-state index contributed by atoms with van der Waals surface area (Å²) in [5, 5.41) is 6.18. The lowest BCUT2D eigenvalue weighted by Crippen LogP contribution is -2.14. The Morgan fingerprint density at radius 2 is 1.61 bits per heavy atom. The number of amides is 1. The van der Waals surface area contributed by atoms with Crippen LogP contribution in [0.5, 0.6) is 0 Å². The number of aromatic nitrogens is 1. The maximum atomic E-state index is 12.7. The first kappa shape index (κ1) is 19.3. The molecule has 0 radical (unpaired) electrons. The Kier molecular flexibility index (Phi) is 5.84. The lowest BCUT2D eigenvalue weighted by Gasteiger charge is -2.14. The zero-order chi connectivity index (χ0) is 20.1. The Morgan fingerprint density at radius 3 is 2.29 bits per heavy atom. The number of para-hydroxylation sites is 1. The zero-order valence-corrected chi connectivity index (χ0v) is 16.2. The highest BCUT2D eigenvalue weighted by atomic mass is 16.1. The van der Waals surface area contributed by atoms with E-state index >= 15 is 0 Å². The third-order valence-corrected chi connectivity index (χ3v) is 4.41. The van der Waals surface area contributed by atoms with Crippen LogP contribution in [-0.4, -0.2) is 16.7 Å². The topological polar surface area (TPSA) is 71.1 Å². The lowest BCUT2D eigenvalue weighted by molar-refractivity contribution is 0.101. The number of nitrogens with one attached hydrogen (secondary N) is 2. The first-order chi connectivity index (χ1) is 13.4. The molecule has 0 spiro atoms. The van der Waals surface area contributed by atoms with E-state index in [0.717, 1.165) is 16.9 Å². The molecule has 142 valence electrons. The van der Waals surface area contributed by atoms with Gasteiger partial charge in [0, 0.05) is 23.1 Å². The number of pyridine rings is 1. The standard InChI is InChI=1S/C23H23N3O2/c1-15(2)21-6-4-5-7-22(21)26-23(28)18-12-20(14-24-13-18)25-19-10-8-17(9-11-19)16(3)27/h4-15,25H,1-3H3,(H,26,28). The molecule has 1 amide bonds. The second-order valence-corrected chi connectivity index (χ2v) is 6.92. The van der Waals surface area contributed by atoms with E-state index < -0.39 is 0 Å². The highest BCUT2D eigenvalue weighted by Crippen LogP contribution is 2.24. The van der Waals surface area contributed by atoms with Crippen molar-refractivity contribution < 1.29 is 9.59 Å². The molecule has 0 saturated carbocycles. The Hall–Kier alpha value is -3.47. The number of anilines is 3. The number of hydrogen-bond donors (Lipinski definition) is 2. The third kappa shape index (κ3) is 4.62. The molecule has 5 heteroatoms. The van der Waals surface area contributed by atoms with Gasteiger partial charge < -0.3 is 10.6 Å². The first-order valence-corrected chi connectivity index (χ1v) is 9.17. The van der Waals surface area contributed by atoms with E-state index in [1.54, 1.807) is 24.4 Å². The molecule has 0 aliphatic rings. The Bertz CT molecular complexity index is 995. The third-order valence-electron chi connectivity index (χ3n) is 4.41. The van der Waals surface area contributed by atoms with Gasteiger partial charge in [-0.25, -0.2) is 0 Å². The molecule has 0 unspecified atom stereocenters. The summed E-state index contributed by atoms with van der Waals surface area (Å²) >= 11 is 0. The van der Waals surface area contributed by atoms with Crippen LogP contribution in [0.4, 0.5) is 17.1 Å². The van der Waals surface area contributed by atoms with Crippen LogP contribution < -0.4 is 10.6 Å². The minimum atomic E-state index is -0.212. The maximum Gasteiger partial charge on any atom is 0.257 e. The Morgan fingerprint density at radius 1 is 0.893 bits per heavy atom. The summed E-state index contributed by atoms with van der Waals surface area (Å²) < 4.78 is 0. The van der Waals surface area contributed by atoms with Crippen molar-refractivity contribution in [2.75, 3.05) is 10.6 Å². The van der Waals surface area contributed by atoms with Gasteiger partial charge in [0.2, 0.25) is 0 Å². The van der Waals surface area contributed by atoms with Crippen LogP contribution in [0.15, 0.2) is 67.0 Å². The number of Topliss-reactive ketones (excluding diaryl/α,β-unsaturated/α-hetero) is 1. The van der Waals surface area contributed by atoms with Crippen LogP contribution in [-0.2, 0) is 0 Å². The van der Waals surface area contributed by atoms with Gasteiger partial charge in [-0.05, 0) is 54.8 Å². The van der Waals surface area contributed by atoms with E-state index in [9.17, 15) is 9.59 Å². The molecule has 28 heavy (non-hydrogen) atoms. The van der Waals surface area contributed by atoms with Crippen LogP contribution >= 0.6 is 0 Å². The molecule has 2 aromatic carbocycles. The molecule has 0 aliphatic carbocycles. The summed E-state index contributed by atoms with van der Waals surface area (Å²) in [6.45, 7) is 5.72. The first-order valence-electron chi connectivity index (χ1n) is 9.17. The molecular weight excluding hydrogens is 350 g/mol. The molecule has 3 rings (SSSR count). The minimum absolute atomic E-state index is 0.0218. The maximum absolute atomic E-state index is 12.7. The van der Waals surface area contributed by atoms with Crippen LogP contribution in [0.25, 0.3) is 0 Å². The number of rotatable bonds is 6. The van der Waals surface area contributed by atoms with Gasteiger partial charge in [-0.3, -0.25) is 14.6 Å². The Balaban J connectivity index is 1.76. The SMILES string of the molecule is CC(=O)c1ccc(Nc2cncc(C(=O)Nc3ccccc3C(C)C)c2)cc1. The van der Waals surface area contributed by atoms with Gasteiger partial charge >= 0.3 is 0 Å². The number of ketones is 1. The second kappa shape index (κ2) is 8.48. The van der Waals surface area contributed by atoms with Crippen molar-refractivity contribution in [3.05, 3.63) is 83.7 Å². The summed E-state index contributed by atoms with van der Waals surface area (Å²) in [6, 6.07) is 16.7. The number of benzene rings is 2. The molecule has 3 aromatic rings. The van der Waals surface area contributed by atoms with E-state index in [4.69, 9.17) is 0 Å². The summed E-state index contributed by atoms with van der Waals surface area (Å²) in [6.07, 6.45) is 3.19. The highest BCUT2D eigenvalue weighted by molar-refractivity contribution is 6.05. The normalized spacial score (nSPS) is 10.6. The number of carbonyl (C=O) groups is 2. The highest BCUT2D eigenvalue weighted by Gasteiger charge is 2.12. The molecule has 0 fully saturated rings. The number of hydrogen-bond acceptors (Lipinski definition) is 4. The minimum Gasteiger partial charge on any atom is -0.354 e. The molecule has 1 heterocycles. The van der Waals surface area contributed by atoms with Crippen molar-refractivity contribution in [2.45, 2.75) is 26.7 Å². The van der Waals surface area contributed by atoms with Crippen LogP contribution in [0.3, 0.4) is 0 Å². The van der Waals surface area contributed by atoms with Gasteiger partial charge in [-0.15, -0.1) is 0 Å². The van der Waals surface area contributed by atoms with Crippen LogP contribution in [0, 0.1) is 0 Å². The molecule has 0 aliphatic heterocycles. The fourth-order valence-corrected chi connectivity index (χ4v) is 2.90. The van der Waals surface area contributed by atoms with Gasteiger partial charge in [-0.2, -0.15) is 0 Å². The lowest BCUT2D eigenvalue weighted by atomic mass is 10.0. The predicted octanol–water partition coefficient (Wildman–Crippen LogP) is 5.40. The van der Waals surface area contributed by atoms with Crippen molar-refractivity contribution in [1.82, 2.24) is 4.98 Å². The van der Waals surface area contributed by atoms with Gasteiger partial charge in [-0.1, -0.05) is 32.0 Å².